The fraction of sp³-hybridized carbons (Fsp3) is 0.182. The summed E-state index contributed by atoms with van der Waals surface area (Å²) in [7, 11) is 0. The zero-order valence-electron chi connectivity index (χ0n) is 8.04. The van der Waals surface area contributed by atoms with Gasteiger partial charge in [0.25, 0.3) is 0 Å². The highest BCUT2D eigenvalue weighted by atomic mass is 16.5. The van der Waals surface area contributed by atoms with Crippen molar-refractivity contribution in [3.05, 3.63) is 48.8 Å². The number of ether oxygens (including phenoxy) is 1. The van der Waals surface area contributed by atoms with Gasteiger partial charge in [0.05, 0.1) is 0 Å². The maximum absolute atomic E-state index is 10.6. The Morgan fingerprint density at radius 1 is 1.38 bits per heavy atom. The average Bonchev–Trinajstić information content (AvgIpc) is 2.10. The Balaban J connectivity index is 4.30. The van der Waals surface area contributed by atoms with Crippen molar-refractivity contribution in [2.75, 3.05) is 0 Å². The second-order valence-corrected chi connectivity index (χ2v) is 2.40. The Morgan fingerprint density at radius 3 is 2.38 bits per heavy atom. The van der Waals surface area contributed by atoms with Crippen LogP contribution in [-0.4, -0.2) is 5.97 Å². The van der Waals surface area contributed by atoms with Crippen LogP contribution in [0.5, 0.6) is 0 Å². The fourth-order valence-corrected chi connectivity index (χ4v) is 0.612. The lowest BCUT2D eigenvalue weighted by molar-refractivity contribution is -0.136. The first-order valence-corrected chi connectivity index (χ1v) is 3.94. The van der Waals surface area contributed by atoms with Crippen LogP contribution in [0.25, 0.3) is 0 Å². The Bertz CT molecular complexity index is 270. The molecule has 0 spiro atoms. The molecule has 0 amide bonds. The lowest BCUT2D eigenvalue weighted by Crippen LogP contribution is -1.96. The van der Waals surface area contributed by atoms with Crippen molar-refractivity contribution in [2.24, 2.45) is 0 Å². The highest BCUT2D eigenvalue weighted by Crippen LogP contribution is 2.03. The van der Waals surface area contributed by atoms with Crippen LogP contribution in [0.15, 0.2) is 48.8 Å². The van der Waals surface area contributed by atoms with Gasteiger partial charge < -0.3 is 4.74 Å². The molecule has 0 aliphatic heterocycles. The van der Waals surface area contributed by atoms with E-state index < -0.39 is 0 Å². The third-order valence-electron chi connectivity index (χ3n) is 1.27. The molecule has 0 radical (unpaired) electrons. The average molecular weight is 178 g/mol. The number of esters is 1. The fourth-order valence-electron chi connectivity index (χ4n) is 0.612. The number of allylic oxidation sites excluding steroid dienone is 5. The Labute approximate surface area is 78.9 Å². The Kier molecular flexibility index (Phi) is 5.28. The van der Waals surface area contributed by atoms with E-state index in [0.29, 0.717) is 5.76 Å². The molecule has 0 atom stereocenters. The summed E-state index contributed by atoms with van der Waals surface area (Å²) < 4.78 is 4.85. The highest BCUT2D eigenvalue weighted by Gasteiger charge is 1.95. The van der Waals surface area contributed by atoms with E-state index in [1.807, 2.05) is 0 Å². The van der Waals surface area contributed by atoms with Gasteiger partial charge in [0.1, 0.15) is 5.76 Å². The molecule has 2 nitrogen and oxygen atoms in total. The van der Waals surface area contributed by atoms with Crippen LogP contribution in [0.1, 0.15) is 13.8 Å². The van der Waals surface area contributed by atoms with E-state index in [1.54, 1.807) is 31.2 Å². The first-order chi connectivity index (χ1) is 6.10. The van der Waals surface area contributed by atoms with Crippen LogP contribution in [0.3, 0.4) is 0 Å². The summed E-state index contributed by atoms with van der Waals surface area (Å²) in [6.07, 6.45) is 6.72. The third kappa shape index (κ3) is 5.67. The monoisotopic (exact) mass is 178 g/mol. The predicted octanol–water partition coefficient (Wildman–Crippen LogP) is 2.75. The molecule has 0 saturated heterocycles. The number of hydrogen-bond donors (Lipinski definition) is 0. The van der Waals surface area contributed by atoms with E-state index in [0.717, 1.165) is 5.57 Å². The number of rotatable bonds is 4. The van der Waals surface area contributed by atoms with Gasteiger partial charge in [0.2, 0.25) is 0 Å². The molecular formula is C11H14O2. The molecule has 0 heterocycles. The molecular weight excluding hydrogens is 164 g/mol. The molecule has 0 fully saturated rings. The highest BCUT2D eigenvalue weighted by molar-refractivity contribution is 5.67. The first kappa shape index (κ1) is 11.4. The molecule has 0 aromatic heterocycles. The molecule has 70 valence electrons. The lowest BCUT2D eigenvalue weighted by atomic mass is 10.2. The summed E-state index contributed by atoms with van der Waals surface area (Å²) in [5.74, 6) is 0.178. The Hall–Kier alpha value is -1.57. The molecule has 0 unspecified atom stereocenters. The maximum Gasteiger partial charge on any atom is 0.308 e. The van der Waals surface area contributed by atoms with Gasteiger partial charge in [-0.3, -0.25) is 4.79 Å². The van der Waals surface area contributed by atoms with Crippen LogP contribution in [0, 0.1) is 0 Å². The second-order valence-electron chi connectivity index (χ2n) is 2.40. The van der Waals surface area contributed by atoms with Crippen LogP contribution in [0.4, 0.5) is 0 Å². The van der Waals surface area contributed by atoms with E-state index in [2.05, 4.69) is 13.2 Å². The van der Waals surface area contributed by atoms with Gasteiger partial charge in [-0.1, -0.05) is 25.3 Å². The molecule has 0 N–H and O–H groups in total. The molecule has 0 aliphatic rings. The van der Waals surface area contributed by atoms with Gasteiger partial charge >= 0.3 is 5.97 Å². The van der Waals surface area contributed by atoms with Crippen LogP contribution in [0.2, 0.25) is 0 Å². The minimum atomic E-state index is -0.332. The van der Waals surface area contributed by atoms with Crippen molar-refractivity contribution in [3.63, 3.8) is 0 Å². The van der Waals surface area contributed by atoms with Crippen molar-refractivity contribution >= 4 is 5.97 Å². The largest absolute Gasteiger partial charge is 0.427 e. The predicted molar refractivity (Wildman–Crippen MR) is 54.0 cm³/mol. The zero-order valence-corrected chi connectivity index (χ0v) is 8.04. The number of carbonyl (C=O) groups excluding carboxylic acids is 1. The van der Waals surface area contributed by atoms with Crippen LogP contribution < -0.4 is 0 Å². The summed E-state index contributed by atoms with van der Waals surface area (Å²) in [4.78, 5) is 10.6. The van der Waals surface area contributed by atoms with Gasteiger partial charge in [-0.05, 0) is 24.6 Å². The van der Waals surface area contributed by atoms with Crippen molar-refractivity contribution in [1.29, 1.82) is 0 Å². The van der Waals surface area contributed by atoms with Gasteiger partial charge in [0.15, 0.2) is 0 Å². The molecule has 13 heavy (non-hydrogen) atoms. The van der Waals surface area contributed by atoms with E-state index in [1.165, 1.54) is 6.92 Å². The Morgan fingerprint density at radius 2 is 2.00 bits per heavy atom. The zero-order chi connectivity index (χ0) is 10.3. The minimum absolute atomic E-state index is 0.332. The summed E-state index contributed by atoms with van der Waals surface area (Å²) >= 11 is 0. The van der Waals surface area contributed by atoms with Crippen molar-refractivity contribution in [1.82, 2.24) is 0 Å². The van der Waals surface area contributed by atoms with Crippen LogP contribution in [-0.2, 0) is 9.53 Å². The standard InChI is InChI=1S/C11H14O2/c1-5-9(3)7-8-11(6-2)13-10(4)12/h5-8H,1,3H2,2,4H3/b8-7-,11-6+. The SMILES string of the molecule is C=CC(=C)/C=C\C(=C/C)OC(C)=O. The minimum Gasteiger partial charge on any atom is -0.427 e. The van der Waals surface area contributed by atoms with Crippen molar-refractivity contribution < 1.29 is 9.53 Å². The molecule has 0 saturated carbocycles. The lowest BCUT2D eigenvalue weighted by Gasteiger charge is -1.99. The molecule has 0 aromatic rings. The van der Waals surface area contributed by atoms with Crippen molar-refractivity contribution in [2.45, 2.75) is 13.8 Å². The number of carbonyl (C=O) groups is 1. The van der Waals surface area contributed by atoms with E-state index in [9.17, 15) is 4.79 Å². The van der Waals surface area contributed by atoms with E-state index >= 15 is 0 Å². The molecule has 0 aromatic carbocycles. The quantitative estimate of drug-likeness (QED) is 0.376. The second kappa shape index (κ2) is 6.00. The normalized spacial score (nSPS) is 11.4. The summed E-state index contributed by atoms with van der Waals surface area (Å²) in [5, 5.41) is 0. The summed E-state index contributed by atoms with van der Waals surface area (Å²) in [6.45, 7) is 10.4. The van der Waals surface area contributed by atoms with Gasteiger partial charge in [-0.15, -0.1) is 0 Å². The molecule has 0 aliphatic carbocycles. The van der Waals surface area contributed by atoms with Gasteiger partial charge in [-0.2, -0.15) is 0 Å². The van der Waals surface area contributed by atoms with Gasteiger partial charge in [-0.25, -0.2) is 0 Å². The maximum atomic E-state index is 10.6. The molecule has 2 heteroatoms. The van der Waals surface area contributed by atoms with Crippen molar-refractivity contribution in [3.8, 4) is 0 Å². The smallest absolute Gasteiger partial charge is 0.308 e. The van der Waals surface area contributed by atoms with Crippen LogP contribution >= 0.6 is 0 Å². The van der Waals surface area contributed by atoms with Gasteiger partial charge in [0, 0.05) is 6.92 Å². The molecule has 0 rings (SSSR count). The third-order valence-corrected chi connectivity index (χ3v) is 1.27. The summed E-state index contributed by atoms with van der Waals surface area (Å²) in [5.41, 5.74) is 0.770. The van der Waals surface area contributed by atoms with E-state index in [4.69, 9.17) is 4.74 Å². The topological polar surface area (TPSA) is 26.3 Å². The molecule has 0 bridgehead atoms. The number of hydrogen-bond acceptors (Lipinski definition) is 2. The van der Waals surface area contributed by atoms with E-state index in [-0.39, 0.29) is 5.97 Å². The summed E-state index contributed by atoms with van der Waals surface area (Å²) in [6, 6.07) is 0. The first-order valence-electron chi connectivity index (χ1n) is 3.94.